The molecule has 20 heavy (non-hydrogen) atoms. The number of aliphatic imine (C=N–C) groups is 1. The maximum absolute atomic E-state index is 13.5. The van der Waals surface area contributed by atoms with Crippen LogP contribution in [0.25, 0.3) is 0 Å². The summed E-state index contributed by atoms with van der Waals surface area (Å²) < 4.78 is 18.5. The average molecular weight is 281 g/mol. The van der Waals surface area contributed by atoms with E-state index in [4.69, 9.17) is 4.74 Å². The van der Waals surface area contributed by atoms with E-state index >= 15 is 0 Å². The van der Waals surface area contributed by atoms with Gasteiger partial charge in [0.15, 0.2) is 5.96 Å². The van der Waals surface area contributed by atoms with Crippen molar-refractivity contribution in [3.63, 3.8) is 0 Å². The van der Waals surface area contributed by atoms with Crippen LogP contribution < -0.4 is 10.6 Å². The van der Waals surface area contributed by atoms with E-state index < -0.39 is 0 Å². The molecule has 2 N–H and O–H groups in total. The number of methoxy groups -OCH3 is 1. The van der Waals surface area contributed by atoms with Crippen molar-refractivity contribution >= 4 is 5.96 Å². The first-order valence-electron chi connectivity index (χ1n) is 6.84. The van der Waals surface area contributed by atoms with Gasteiger partial charge in [0.2, 0.25) is 0 Å². The maximum Gasteiger partial charge on any atom is 0.191 e. The van der Waals surface area contributed by atoms with Crippen LogP contribution in [0.4, 0.5) is 4.39 Å². The molecule has 1 rings (SSSR count). The fourth-order valence-corrected chi connectivity index (χ4v) is 1.72. The van der Waals surface area contributed by atoms with Gasteiger partial charge in [-0.2, -0.15) is 0 Å². The first-order chi connectivity index (χ1) is 9.60. The summed E-state index contributed by atoms with van der Waals surface area (Å²) in [6.07, 6.45) is 1.02. The Morgan fingerprint density at radius 2 is 2.20 bits per heavy atom. The zero-order valence-corrected chi connectivity index (χ0v) is 12.7. The highest BCUT2D eigenvalue weighted by atomic mass is 19.1. The molecule has 0 aliphatic heterocycles. The van der Waals surface area contributed by atoms with Crippen LogP contribution in [-0.2, 0) is 17.9 Å². The maximum atomic E-state index is 13.5. The van der Waals surface area contributed by atoms with Crippen molar-refractivity contribution in [2.75, 3.05) is 14.2 Å². The molecule has 0 amide bonds. The first kappa shape index (κ1) is 16.4. The SMILES string of the molecule is CCC(C)NC(=NC)NCc1ccc(F)c(COC)c1. The van der Waals surface area contributed by atoms with Gasteiger partial charge in [0.05, 0.1) is 6.61 Å². The molecule has 1 aromatic carbocycles. The van der Waals surface area contributed by atoms with E-state index in [2.05, 4.69) is 29.5 Å². The van der Waals surface area contributed by atoms with Crippen LogP contribution in [0.1, 0.15) is 31.4 Å². The summed E-state index contributed by atoms with van der Waals surface area (Å²) in [5, 5.41) is 6.49. The molecule has 1 aromatic rings. The molecule has 0 saturated carbocycles. The van der Waals surface area contributed by atoms with E-state index in [0.29, 0.717) is 18.2 Å². The Hall–Kier alpha value is -1.62. The molecular formula is C15H24FN3O. The molecule has 0 spiro atoms. The van der Waals surface area contributed by atoms with Crippen LogP contribution in [0, 0.1) is 5.82 Å². The second kappa shape index (κ2) is 8.53. The van der Waals surface area contributed by atoms with Gasteiger partial charge in [0.25, 0.3) is 0 Å². The van der Waals surface area contributed by atoms with E-state index in [1.165, 1.54) is 6.07 Å². The lowest BCUT2D eigenvalue weighted by Crippen LogP contribution is -2.41. The van der Waals surface area contributed by atoms with E-state index in [-0.39, 0.29) is 12.4 Å². The van der Waals surface area contributed by atoms with Gasteiger partial charge in [0, 0.05) is 32.3 Å². The minimum Gasteiger partial charge on any atom is -0.380 e. The van der Waals surface area contributed by atoms with Crippen molar-refractivity contribution in [3.05, 3.63) is 35.1 Å². The minimum atomic E-state index is -0.238. The van der Waals surface area contributed by atoms with Gasteiger partial charge in [-0.3, -0.25) is 4.99 Å². The Morgan fingerprint density at radius 3 is 2.80 bits per heavy atom. The third-order valence-electron chi connectivity index (χ3n) is 3.09. The van der Waals surface area contributed by atoms with Crippen LogP contribution in [0.5, 0.6) is 0 Å². The molecule has 0 fully saturated rings. The zero-order valence-electron chi connectivity index (χ0n) is 12.7. The lowest BCUT2D eigenvalue weighted by Gasteiger charge is -2.16. The molecule has 5 heteroatoms. The molecule has 0 aliphatic carbocycles. The number of halogens is 1. The van der Waals surface area contributed by atoms with Crippen LogP contribution in [0.3, 0.4) is 0 Å². The summed E-state index contributed by atoms with van der Waals surface area (Å²) in [4.78, 5) is 4.16. The Kier molecular flexibility index (Phi) is 7.01. The lowest BCUT2D eigenvalue weighted by atomic mass is 10.1. The molecule has 0 radical (unpaired) electrons. The summed E-state index contributed by atoms with van der Waals surface area (Å²) in [6, 6.07) is 5.40. The Bertz CT molecular complexity index is 449. The quantitative estimate of drug-likeness (QED) is 0.622. The highest BCUT2D eigenvalue weighted by Gasteiger charge is 2.05. The second-order valence-electron chi connectivity index (χ2n) is 4.74. The van der Waals surface area contributed by atoms with Crippen molar-refractivity contribution in [3.8, 4) is 0 Å². The number of ether oxygens (including phenoxy) is 1. The van der Waals surface area contributed by atoms with Crippen LogP contribution >= 0.6 is 0 Å². The predicted molar refractivity (Wildman–Crippen MR) is 80.2 cm³/mol. The summed E-state index contributed by atoms with van der Waals surface area (Å²) >= 11 is 0. The van der Waals surface area contributed by atoms with Crippen molar-refractivity contribution in [2.24, 2.45) is 4.99 Å². The first-order valence-corrected chi connectivity index (χ1v) is 6.84. The van der Waals surface area contributed by atoms with Gasteiger partial charge < -0.3 is 15.4 Å². The molecular weight excluding hydrogens is 257 g/mol. The van der Waals surface area contributed by atoms with Crippen molar-refractivity contribution in [1.82, 2.24) is 10.6 Å². The van der Waals surface area contributed by atoms with Gasteiger partial charge in [-0.1, -0.05) is 13.0 Å². The normalized spacial score (nSPS) is 13.2. The number of nitrogens with one attached hydrogen (secondary N) is 2. The van der Waals surface area contributed by atoms with Crippen LogP contribution in [0.15, 0.2) is 23.2 Å². The molecule has 1 unspecified atom stereocenters. The molecule has 0 aromatic heterocycles. The summed E-state index contributed by atoms with van der Waals surface area (Å²) in [5.74, 6) is 0.509. The van der Waals surface area contributed by atoms with Gasteiger partial charge >= 0.3 is 0 Å². The van der Waals surface area contributed by atoms with Crippen molar-refractivity contribution < 1.29 is 9.13 Å². The smallest absolute Gasteiger partial charge is 0.191 e. The number of guanidine groups is 1. The van der Waals surface area contributed by atoms with Crippen LogP contribution in [0.2, 0.25) is 0 Å². The van der Waals surface area contributed by atoms with Crippen molar-refractivity contribution in [2.45, 2.75) is 39.5 Å². The largest absolute Gasteiger partial charge is 0.380 e. The highest BCUT2D eigenvalue weighted by Crippen LogP contribution is 2.11. The molecule has 4 nitrogen and oxygen atoms in total. The molecule has 0 heterocycles. The Balaban J connectivity index is 2.62. The monoisotopic (exact) mass is 281 g/mol. The highest BCUT2D eigenvalue weighted by molar-refractivity contribution is 5.79. The third kappa shape index (κ3) is 5.17. The number of benzene rings is 1. The second-order valence-corrected chi connectivity index (χ2v) is 4.74. The van der Waals surface area contributed by atoms with Crippen LogP contribution in [-0.4, -0.2) is 26.2 Å². The van der Waals surface area contributed by atoms with E-state index in [1.54, 1.807) is 20.2 Å². The minimum absolute atomic E-state index is 0.238. The van der Waals surface area contributed by atoms with Gasteiger partial charge in [-0.25, -0.2) is 4.39 Å². The molecule has 112 valence electrons. The molecule has 1 atom stereocenters. The Labute approximate surface area is 120 Å². The lowest BCUT2D eigenvalue weighted by molar-refractivity contribution is 0.181. The fraction of sp³-hybridized carbons (Fsp3) is 0.533. The molecule has 0 saturated heterocycles. The molecule has 0 aliphatic rings. The standard InChI is InChI=1S/C15H24FN3O/c1-5-11(2)19-15(17-3)18-9-12-6-7-14(16)13(8-12)10-20-4/h6-8,11H,5,9-10H2,1-4H3,(H2,17,18,19). The zero-order chi connectivity index (χ0) is 15.0. The summed E-state index contributed by atoms with van der Waals surface area (Å²) in [5.41, 5.74) is 1.56. The predicted octanol–water partition coefficient (Wildman–Crippen LogP) is 2.44. The van der Waals surface area contributed by atoms with E-state index in [9.17, 15) is 4.39 Å². The fourth-order valence-electron chi connectivity index (χ4n) is 1.72. The average Bonchev–Trinajstić information content (AvgIpc) is 2.46. The van der Waals surface area contributed by atoms with E-state index in [1.807, 2.05) is 6.07 Å². The van der Waals surface area contributed by atoms with Gasteiger partial charge in [0.1, 0.15) is 5.82 Å². The van der Waals surface area contributed by atoms with Gasteiger partial charge in [-0.15, -0.1) is 0 Å². The summed E-state index contributed by atoms with van der Waals surface area (Å²) in [6.45, 7) is 5.08. The number of rotatable bonds is 6. The molecule has 0 bridgehead atoms. The third-order valence-corrected chi connectivity index (χ3v) is 3.09. The summed E-state index contributed by atoms with van der Waals surface area (Å²) in [7, 11) is 3.29. The topological polar surface area (TPSA) is 45.7 Å². The number of nitrogens with zero attached hydrogens (tertiary/aromatic N) is 1. The van der Waals surface area contributed by atoms with E-state index in [0.717, 1.165) is 17.9 Å². The number of hydrogen-bond acceptors (Lipinski definition) is 2. The number of hydrogen-bond donors (Lipinski definition) is 2. The Morgan fingerprint density at radius 1 is 1.45 bits per heavy atom. The van der Waals surface area contributed by atoms with Crippen molar-refractivity contribution in [1.29, 1.82) is 0 Å². The van der Waals surface area contributed by atoms with Gasteiger partial charge in [-0.05, 0) is 31.0 Å².